The number of benzene rings is 2. The van der Waals surface area contributed by atoms with Crippen molar-refractivity contribution in [3.8, 4) is 17.0 Å². The molecule has 6 nitrogen and oxygen atoms in total. The molecule has 1 heterocycles. The molecule has 1 aromatic heterocycles. The van der Waals surface area contributed by atoms with Gasteiger partial charge >= 0.3 is 0 Å². The normalized spacial score (nSPS) is 10.2. The predicted octanol–water partition coefficient (Wildman–Crippen LogP) is 2.88. The van der Waals surface area contributed by atoms with E-state index in [-0.39, 0.29) is 12.5 Å². The highest BCUT2D eigenvalue weighted by molar-refractivity contribution is 5.77. The highest BCUT2D eigenvalue weighted by atomic mass is 16.5. The minimum absolute atomic E-state index is 0.0114. The van der Waals surface area contributed by atoms with E-state index in [4.69, 9.17) is 4.74 Å². The number of hydrogen-bond acceptors (Lipinski definition) is 5. The first-order valence-corrected chi connectivity index (χ1v) is 8.30. The van der Waals surface area contributed by atoms with E-state index in [0.717, 1.165) is 16.8 Å². The number of anilines is 1. The third-order valence-corrected chi connectivity index (χ3v) is 3.78. The van der Waals surface area contributed by atoms with E-state index < -0.39 is 0 Å². The molecule has 0 aliphatic rings. The highest BCUT2D eigenvalue weighted by Gasteiger charge is 2.02. The fourth-order valence-electron chi connectivity index (χ4n) is 2.31. The number of amides is 1. The predicted molar refractivity (Wildman–Crippen MR) is 101 cm³/mol. The number of carbonyl (C=O) groups excluding carboxylic acids is 1. The topological polar surface area (TPSA) is 76.1 Å². The number of carbonyl (C=O) groups is 1. The summed E-state index contributed by atoms with van der Waals surface area (Å²) in [5.74, 6) is 1.21. The Hall–Kier alpha value is -3.41. The standard InChI is InChI=1S/C20H20N4O2/c1-21-20(25)14-26-17-9-7-15(8-10-17)13-22-19-12-11-18(23-24-19)16-5-3-2-4-6-16/h2-12H,13-14H2,1H3,(H,21,25)(H,22,24). The summed E-state index contributed by atoms with van der Waals surface area (Å²) in [6.45, 7) is 0.631. The zero-order valence-corrected chi connectivity index (χ0v) is 14.5. The molecule has 0 spiro atoms. The van der Waals surface area contributed by atoms with Gasteiger partial charge in [-0.1, -0.05) is 42.5 Å². The van der Waals surface area contributed by atoms with E-state index in [1.54, 1.807) is 7.05 Å². The zero-order chi connectivity index (χ0) is 18.2. The maximum Gasteiger partial charge on any atom is 0.257 e. The van der Waals surface area contributed by atoms with Gasteiger partial charge in [0.2, 0.25) is 0 Å². The monoisotopic (exact) mass is 348 g/mol. The van der Waals surface area contributed by atoms with Crippen molar-refractivity contribution in [2.24, 2.45) is 0 Å². The minimum atomic E-state index is -0.159. The molecule has 0 unspecified atom stereocenters. The summed E-state index contributed by atoms with van der Waals surface area (Å²) in [7, 11) is 1.58. The summed E-state index contributed by atoms with van der Waals surface area (Å²) in [6.07, 6.45) is 0. The van der Waals surface area contributed by atoms with Crippen molar-refractivity contribution in [1.29, 1.82) is 0 Å². The Kier molecular flexibility index (Phi) is 5.77. The second kappa shape index (κ2) is 8.62. The van der Waals surface area contributed by atoms with Crippen LogP contribution in [0.25, 0.3) is 11.3 Å². The third-order valence-electron chi connectivity index (χ3n) is 3.78. The largest absolute Gasteiger partial charge is 0.484 e. The second-order valence-corrected chi connectivity index (χ2v) is 5.63. The summed E-state index contributed by atoms with van der Waals surface area (Å²) in [5.41, 5.74) is 2.96. The van der Waals surface area contributed by atoms with Crippen LogP contribution in [0.2, 0.25) is 0 Å². The molecule has 2 N–H and O–H groups in total. The van der Waals surface area contributed by atoms with Gasteiger partial charge in [0.15, 0.2) is 6.61 Å². The fourth-order valence-corrected chi connectivity index (χ4v) is 2.31. The first-order chi connectivity index (χ1) is 12.7. The van der Waals surface area contributed by atoms with Crippen molar-refractivity contribution in [2.75, 3.05) is 19.0 Å². The first kappa shape index (κ1) is 17.4. The van der Waals surface area contributed by atoms with Crippen LogP contribution in [0.4, 0.5) is 5.82 Å². The Bertz CT molecular complexity index is 834. The van der Waals surface area contributed by atoms with Crippen molar-refractivity contribution in [1.82, 2.24) is 15.5 Å². The summed E-state index contributed by atoms with van der Waals surface area (Å²) >= 11 is 0. The average Bonchev–Trinajstić information content (AvgIpc) is 2.72. The molecule has 6 heteroatoms. The molecule has 2 aromatic carbocycles. The van der Waals surface area contributed by atoms with Gasteiger partial charge in [-0.2, -0.15) is 0 Å². The number of ether oxygens (including phenoxy) is 1. The van der Waals surface area contributed by atoms with Crippen LogP contribution >= 0.6 is 0 Å². The SMILES string of the molecule is CNC(=O)COc1ccc(CNc2ccc(-c3ccccc3)nn2)cc1. The smallest absolute Gasteiger partial charge is 0.257 e. The van der Waals surface area contributed by atoms with Gasteiger partial charge in [0.1, 0.15) is 11.6 Å². The van der Waals surface area contributed by atoms with Crippen LogP contribution in [0.5, 0.6) is 5.75 Å². The van der Waals surface area contributed by atoms with Crippen molar-refractivity contribution in [3.05, 3.63) is 72.3 Å². The molecule has 0 aliphatic heterocycles. The molecule has 0 saturated heterocycles. The van der Waals surface area contributed by atoms with E-state index in [1.165, 1.54) is 0 Å². The van der Waals surface area contributed by atoms with Crippen LogP contribution in [0.1, 0.15) is 5.56 Å². The average molecular weight is 348 g/mol. The number of likely N-dealkylation sites (N-methyl/N-ethyl adjacent to an activating group) is 1. The number of nitrogens with zero attached hydrogens (tertiary/aromatic N) is 2. The van der Waals surface area contributed by atoms with Crippen LogP contribution in [0, 0.1) is 0 Å². The molecule has 132 valence electrons. The zero-order valence-electron chi connectivity index (χ0n) is 14.5. The molecule has 3 rings (SSSR count). The van der Waals surface area contributed by atoms with E-state index in [2.05, 4.69) is 20.8 Å². The molecule has 3 aromatic rings. The van der Waals surface area contributed by atoms with Gasteiger partial charge in [-0.05, 0) is 29.8 Å². The Labute approximate surface area is 152 Å². The number of nitrogens with one attached hydrogen (secondary N) is 2. The molecular weight excluding hydrogens is 328 g/mol. The summed E-state index contributed by atoms with van der Waals surface area (Å²) < 4.78 is 5.38. The van der Waals surface area contributed by atoms with Gasteiger partial charge in [-0.25, -0.2) is 0 Å². The van der Waals surface area contributed by atoms with Crippen molar-refractivity contribution >= 4 is 11.7 Å². The van der Waals surface area contributed by atoms with Crippen LogP contribution in [0.15, 0.2) is 66.7 Å². The minimum Gasteiger partial charge on any atom is -0.484 e. The first-order valence-electron chi connectivity index (χ1n) is 8.30. The maximum atomic E-state index is 11.2. The maximum absolute atomic E-state index is 11.2. The molecule has 0 saturated carbocycles. The van der Waals surface area contributed by atoms with Crippen molar-refractivity contribution < 1.29 is 9.53 Å². The van der Waals surface area contributed by atoms with Gasteiger partial charge in [0.05, 0.1) is 5.69 Å². The van der Waals surface area contributed by atoms with Crippen molar-refractivity contribution in [2.45, 2.75) is 6.54 Å². The van der Waals surface area contributed by atoms with Gasteiger partial charge in [-0.15, -0.1) is 10.2 Å². The highest BCUT2D eigenvalue weighted by Crippen LogP contribution is 2.17. The quantitative estimate of drug-likeness (QED) is 0.687. The van der Waals surface area contributed by atoms with Crippen molar-refractivity contribution in [3.63, 3.8) is 0 Å². The van der Waals surface area contributed by atoms with E-state index in [0.29, 0.717) is 18.1 Å². The van der Waals surface area contributed by atoms with Gasteiger partial charge in [0.25, 0.3) is 5.91 Å². The molecule has 0 aliphatic carbocycles. The molecule has 0 atom stereocenters. The Morgan fingerprint density at radius 3 is 2.38 bits per heavy atom. The van der Waals surface area contributed by atoms with Crippen LogP contribution < -0.4 is 15.4 Å². The molecule has 0 radical (unpaired) electrons. The summed E-state index contributed by atoms with van der Waals surface area (Å²) in [4.78, 5) is 11.2. The summed E-state index contributed by atoms with van der Waals surface area (Å²) in [5, 5.41) is 14.2. The molecule has 0 fully saturated rings. The van der Waals surface area contributed by atoms with E-state index in [9.17, 15) is 4.79 Å². The van der Waals surface area contributed by atoms with E-state index >= 15 is 0 Å². The number of rotatable bonds is 7. The van der Waals surface area contributed by atoms with E-state index in [1.807, 2.05) is 66.7 Å². The van der Waals surface area contributed by atoms with Gasteiger partial charge in [-0.3, -0.25) is 4.79 Å². The van der Waals surface area contributed by atoms with Gasteiger partial charge < -0.3 is 15.4 Å². The second-order valence-electron chi connectivity index (χ2n) is 5.63. The lowest BCUT2D eigenvalue weighted by molar-refractivity contribution is -0.122. The lowest BCUT2D eigenvalue weighted by Crippen LogP contribution is -2.24. The number of aromatic nitrogens is 2. The fraction of sp³-hybridized carbons (Fsp3) is 0.150. The third kappa shape index (κ3) is 4.80. The Morgan fingerprint density at radius 2 is 1.73 bits per heavy atom. The summed E-state index contributed by atoms with van der Waals surface area (Å²) in [6, 6.07) is 21.4. The lowest BCUT2D eigenvalue weighted by Gasteiger charge is -2.08. The Balaban J connectivity index is 1.53. The van der Waals surface area contributed by atoms with Gasteiger partial charge in [0, 0.05) is 19.2 Å². The molecular formula is C20H20N4O2. The number of hydrogen-bond donors (Lipinski definition) is 2. The molecule has 0 bridgehead atoms. The van der Waals surface area contributed by atoms with Crippen LogP contribution in [-0.4, -0.2) is 29.8 Å². The lowest BCUT2D eigenvalue weighted by atomic mass is 10.1. The van der Waals surface area contributed by atoms with Crippen LogP contribution in [0.3, 0.4) is 0 Å². The Morgan fingerprint density at radius 1 is 0.962 bits per heavy atom. The molecule has 1 amide bonds. The van der Waals surface area contributed by atoms with Crippen LogP contribution in [-0.2, 0) is 11.3 Å². The molecule has 26 heavy (non-hydrogen) atoms.